The second-order valence-electron chi connectivity index (χ2n) is 4.39. The van der Waals surface area contributed by atoms with Crippen LogP contribution in [0.4, 0.5) is 0 Å². The summed E-state index contributed by atoms with van der Waals surface area (Å²) < 4.78 is 0. The van der Waals surface area contributed by atoms with E-state index in [-0.39, 0.29) is 10.8 Å². The van der Waals surface area contributed by atoms with Gasteiger partial charge in [0, 0.05) is 5.38 Å². The fourth-order valence-electron chi connectivity index (χ4n) is 1.82. The van der Waals surface area contributed by atoms with Gasteiger partial charge >= 0.3 is 0 Å². The molecule has 1 N–H and O–H groups in total. The Morgan fingerprint density at radius 1 is 1.18 bits per heavy atom. The molecule has 0 aromatic heterocycles. The van der Waals surface area contributed by atoms with Crippen molar-refractivity contribution in [2.45, 2.75) is 49.5 Å². The van der Waals surface area contributed by atoms with Gasteiger partial charge in [0.2, 0.25) is 0 Å². The zero-order valence-corrected chi connectivity index (χ0v) is 11.7. The quantitative estimate of drug-likeness (QED) is 0.746. The maximum Gasteiger partial charge on any atom is 0.0744 e. The molecule has 1 aromatic carbocycles. The molecule has 0 fully saturated rings. The molecular weight excluding hydrogens is 255 g/mol. The third-order valence-electron chi connectivity index (χ3n) is 2.79. The van der Waals surface area contributed by atoms with E-state index in [0.29, 0.717) is 12.8 Å². The summed E-state index contributed by atoms with van der Waals surface area (Å²) in [6, 6.07) is 9.89. The first-order valence-corrected chi connectivity index (χ1v) is 7.01. The average molecular weight is 275 g/mol. The molecule has 0 amide bonds. The normalized spacial score (nSPS) is 16.5. The van der Waals surface area contributed by atoms with Gasteiger partial charge in [-0.15, -0.1) is 23.2 Å². The van der Waals surface area contributed by atoms with Crippen molar-refractivity contribution in [2.24, 2.45) is 0 Å². The number of alkyl halides is 2. The molecule has 0 bridgehead atoms. The number of rotatable bonds is 7. The molecule has 3 unspecified atom stereocenters. The van der Waals surface area contributed by atoms with Crippen LogP contribution in [-0.4, -0.2) is 22.0 Å². The maximum absolute atomic E-state index is 10.00. The van der Waals surface area contributed by atoms with E-state index >= 15 is 0 Å². The molecular formula is C14H20Cl2O. The Bertz CT molecular complexity index is 302. The van der Waals surface area contributed by atoms with Gasteiger partial charge in [-0.3, -0.25) is 0 Å². The lowest BCUT2D eigenvalue weighted by atomic mass is 10.0. The van der Waals surface area contributed by atoms with E-state index in [9.17, 15) is 5.11 Å². The van der Waals surface area contributed by atoms with Crippen LogP contribution in [0.2, 0.25) is 0 Å². The van der Waals surface area contributed by atoms with Gasteiger partial charge in [0.25, 0.3) is 0 Å². The summed E-state index contributed by atoms with van der Waals surface area (Å²) in [4.78, 5) is 0. The predicted molar refractivity (Wildman–Crippen MR) is 75.0 cm³/mol. The van der Waals surface area contributed by atoms with Crippen LogP contribution < -0.4 is 0 Å². The van der Waals surface area contributed by atoms with Crippen LogP contribution in [0.5, 0.6) is 0 Å². The van der Waals surface area contributed by atoms with E-state index < -0.39 is 6.10 Å². The molecule has 3 atom stereocenters. The highest BCUT2D eigenvalue weighted by Gasteiger charge is 2.20. The van der Waals surface area contributed by atoms with Crippen LogP contribution in [0.1, 0.15) is 31.7 Å². The third kappa shape index (κ3) is 5.76. The van der Waals surface area contributed by atoms with Crippen molar-refractivity contribution in [3.63, 3.8) is 0 Å². The zero-order valence-electron chi connectivity index (χ0n) is 10.2. The Morgan fingerprint density at radius 2 is 1.82 bits per heavy atom. The third-order valence-corrected chi connectivity index (χ3v) is 3.65. The molecule has 0 aliphatic rings. The molecule has 96 valence electrons. The van der Waals surface area contributed by atoms with E-state index in [1.54, 1.807) is 0 Å². The lowest BCUT2D eigenvalue weighted by molar-refractivity contribution is 0.165. The molecule has 1 rings (SSSR count). The Kier molecular flexibility index (Phi) is 6.94. The van der Waals surface area contributed by atoms with Crippen molar-refractivity contribution in [3.8, 4) is 0 Å². The summed E-state index contributed by atoms with van der Waals surface area (Å²) in [7, 11) is 0. The molecule has 0 saturated carbocycles. The average Bonchev–Trinajstić information content (AvgIpc) is 2.30. The molecule has 3 heteroatoms. The first kappa shape index (κ1) is 14.8. The number of hydrogen-bond acceptors (Lipinski definition) is 1. The van der Waals surface area contributed by atoms with E-state index in [1.807, 2.05) is 30.3 Å². The molecule has 0 aliphatic carbocycles. The van der Waals surface area contributed by atoms with Gasteiger partial charge < -0.3 is 5.11 Å². The molecule has 0 radical (unpaired) electrons. The Labute approximate surface area is 114 Å². The predicted octanol–water partition coefficient (Wildman–Crippen LogP) is 4.00. The fraction of sp³-hybridized carbons (Fsp3) is 0.571. The van der Waals surface area contributed by atoms with Gasteiger partial charge in [-0.05, 0) is 24.8 Å². The number of benzene rings is 1. The highest BCUT2D eigenvalue weighted by atomic mass is 35.5. The minimum Gasteiger partial charge on any atom is -0.391 e. The van der Waals surface area contributed by atoms with Gasteiger partial charge in [0.15, 0.2) is 0 Å². The van der Waals surface area contributed by atoms with Gasteiger partial charge in [-0.2, -0.15) is 0 Å². The van der Waals surface area contributed by atoms with Crippen molar-refractivity contribution < 1.29 is 5.11 Å². The topological polar surface area (TPSA) is 20.2 Å². The molecule has 17 heavy (non-hydrogen) atoms. The van der Waals surface area contributed by atoms with Gasteiger partial charge in [0.05, 0.1) is 11.5 Å². The van der Waals surface area contributed by atoms with Crippen LogP contribution in [-0.2, 0) is 6.42 Å². The molecule has 1 aromatic rings. The first-order chi connectivity index (χ1) is 8.13. The fourth-order valence-corrected chi connectivity index (χ4v) is 2.62. The summed E-state index contributed by atoms with van der Waals surface area (Å²) >= 11 is 12.3. The molecule has 0 heterocycles. The Hall–Kier alpha value is -0.240. The summed E-state index contributed by atoms with van der Waals surface area (Å²) in [6.45, 7) is 2.10. The van der Waals surface area contributed by atoms with Crippen molar-refractivity contribution in [3.05, 3.63) is 35.9 Å². The molecule has 0 spiro atoms. The van der Waals surface area contributed by atoms with Crippen molar-refractivity contribution in [1.29, 1.82) is 0 Å². The lowest BCUT2D eigenvalue weighted by Crippen LogP contribution is -2.26. The zero-order chi connectivity index (χ0) is 12.7. The second kappa shape index (κ2) is 7.97. The van der Waals surface area contributed by atoms with Gasteiger partial charge in [-0.25, -0.2) is 0 Å². The second-order valence-corrected chi connectivity index (χ2v) is 5.57. The van der Waals surface area contributed by atoms with Crippen LogP contribution >= 0.6 is 23.2 Å². The van der Waals surface area contributed by atoms with Crippen molar-refractivity contribution in [2.75, 3.05) is 0 Å². The van der Waals surface area contributed by atoms with E-state index in [2.05, 4.69) is 6.92 Å². The summed E-state index contributed by atoms with van der Waals surface area (Å²) in [5.41, 5.74) is 1.10. The Balaban J connectivity index is 2.39. The van der Waals surface area contributed by atoms with Gasteiger partial charge in [-0.1, -0.05) is 43.7 Å². The summed E-state index contributed by atoms with van der Waals surface area (Å²) in [6.07, 6.45) is 2.71. The van der Waals surface area contributed by atoms with Crippen molar-refractivity contribution in [1.82, 2.24) is 0 Å². The van der Waals surface area contributed by atoms with Crippen LogP contribution in [0.15, 0.2) is 30.3 Å². The first-order valence-electron chi connectivity index (χ1n) is 6.13. The van der Waals surface area contributed by atoms with E-state index in [0.717, 1.165) is 18.4 Å². The van der Waals surface area contributed by atoms with Gasteiger partial charge in [0.1, 0.15) is 0 Å². The molecule has 0 saturated heterocycles. The number of aliphatic hydroxyl groups excluding tert-OH is 1. The number of aliphatic hydroxyl groups is 1. The minimum absolute atomic E-state index is 0.0629. The molecule has 0 aliphatic heterocycles. The smallest absolute Gasteiger partial charge is 0.0744 e. The summed E-state index contributed by atoms with van der Waals surface area (Å²) in [5, 5.41) is 9.79. The lowest BCUT2D eigenvalue weighted by Gasteiger charge is -2.19. The van der Waals surface area contributed by atoms with Crippen molar-refractivity contribution >= 4 is 23.2 Å². The SMILES string of the molecule is CCCC(Cl)CC(Cl)C(O)Cc1ccccc1. The largest absolute Gasteiger partial charge is 0.391 e. The summed E-state index contributed by atoms with van der Waals surface area (Å²) in [5.74, 6) is 0. The van der Waals surface area contributed by atoms with E-state index in [4.69, 9.17) is 23.2 Å². The van der Waals surface area contributed by atoms with Crippen LogP contribution in [0.3, 0.4) is 0 Å². The Morgan fingerprint density at radius 3 is 2.41 bits per heavy atom. The maximum atomic E-state index is 10.00. The van der Waals surface area contributed by atoms with Crippen LogP contribution in [0.25, 0.3) is 0 Å². The van der Waals surface area contributed by atoms with E-state index in [1.165, 1.54) is 0 Å². The number of halogens is 2. The highest BCUT2D eigenvalue weighted by Crippen LogP contribution is 2.20. The number of hydrogen-bond donors (Lipinski definition) is 1. The van der Waals surface area contributed by atoms with Crippen LogP contribution in [0, 0.1) is 0 Å². The highest BCUT2D eigenvalue weighted by molar-refractivity contribution is 6.23. The monoisotopic (exact) mass is 274 g/mol. The standard InChI is InChI=1S/C14H20Cl2O/c1-2-6-12(15)10-13(16)14(17)9-11-7-4-3-5-8-11/h3-5,7-8,12-14,17H,2,6,9-10H2,1H3. The minimum atomic E-state index is -0.530. The molecule has 1 nitrogen and oxygen atoms in total.